The van der Waals surface area contributed by atoms with E-state index < -0.39 is 0 Å². The number of nitrogens with zero attached hydrogens (tertiary/aromatic N) is 5. The molecule has 0 bridgehead atoms. The van der Waals surface area contributed by atoms with E-state index in [9.17, 15) is 4.79 Å². The standard InChI is InChI=1S/C21H20N6O/c1-2-19(28)26-5-7-27(8-6-26)21-16-10-14-9-13-3-4-18(22)25-20(13)15(14)11-17(16)23-12-24-21/h2-4,10-12H,1,5-9H2,(H2,22,25). The molecule has 1 amide bonds. The predicted octanol–water partition coefficient (Wildman–Crippen LogP) is 2.01. The van der Waals surface area contributed by atoms with Crippen molar-refractivity contribution in [2.45, 2.75) is 6.42 Å². The lowest BCUT2D eigenvalue weighted by Crippen LogP contribution is -2.48. The maximum absolute atomic E-state index is 11.8. The second kappa shape index (κ2) is 6.30. The first-order chi connectivity index (χ1) is 13.6. The van der Waals surface area contributed by atoms with Gasteiger partial charge in [-0.2, -0.15) is 0 Å². The number of carbonyl (C=O) groups excluding carboxylic acids is 1. The first kappa shape index (κ1) is 16.7. The first-order valence-corrected chi connectivity index (χ1v) is 9.34. The molecule has 3 aromatic rings. The van der Waals surface area contributed by atoms with Crippen LogP contribution >= 0.6 is 0 Å². The minimum atomic E-state index is -0.0189. The van der Waals surface area contributed by atoms with Crippen molar-refractivity contribution in [3.63, 3.8) is 0 Å². The molecule has 1 saturated heterocycles. The van der Waals surface area contributed by atoms with Crippen LogP contribution in [-0.4, -0.2) is 51.9 Å². The zero-order valence-electron chi connectivity index (χ0n) is 15.4. The molecule has 7 heteroatoms. The number of fused-ring (bicyclic) bond motifs is 4. The second-order valence-electron chi connectivity index (χ2n) is 7.16. The highest BCUT2D eigenvalue weighted by molar-refractivity contribution is 5.95. The molecule has 1 aromatic carbocycles. The lowest BCUT2D eigenvalue weighted by molar-refractivity contribution is -0.126. The van der Waals surface area contributed by atoms with Crippen LogP contribution in [0.4, 0.5) is 11.6 Å². The van der Waals surface area contributed by atoms with Gasteiger partial charge >= 0.3 is 0 Å². The maximum Gasteiger partial charge on any atom is 0.246 e. The van der Waals surface area contributed by atoms with Crippen LogP contribution in [0, 0.1) is 0 Å². The van der Waals surface area contributed by atoms with Crippen molar-refractivity contribution in [2.24, 2.45) is 0 Å². The fraction of sp³-hybridized carbons (Fsp3) is 0.238. The van der Waals surface area contributed by atoms with Crippen molar-refractivity contribution >= 4 is 28.4 Å². The minimum Gasteiger partial charge on any atom is -0.384 e. The number of carbonyl (C=O) groups is 1. The van der Waals surface area contributed by atoms with Crippen molar-refractivity contribution in [3.05, 3.63) is 54.4 Å². The van der Waals surface area contributed by atoms with Crippen LogP contribution in [0.25, 0.3) is 22.2 Å². The van der Waals surface area contributed by atoms with Gasteiger partial charge in [-0.1, -0.05) is 12.6 Å². The van der Waals surface area contributed by atoms with Gasteiger partial charge in [0.15, 0.2) is 0 Å². The van der Waals surface area contributed by atoms with Gasteiger partial charge in [0.05, 0.1) is 11.2 Å². The molecular formula is C21H20N6O. The Morgan fingerprint density at radius 2 is 1.93 bits per heavy atom. The van der Waals surface area contributed by atoms with Crippen molar-refractivity contribution in [2.75, 3.05) is 36.8 Å². The van der Waals surface area contributed by atoms with E-state index in [0.717, 1.165) is 47.5 Å². The van der Waals surface area contributed by atoms with E-state index in [4.69, 9.17) is 5.73 Å². The number of hydrogen-bond acceptors (Lipinski definition) is 6. The molecule has 2 aliphatic rings. The monoisotopic (exact) mass is 372 g/mol. The topological polar surface area (TPSA) is 88.2 Å². The minimum absolute atomic E-state index is 0.0189. The highest BCUT2D eigenvalue weighted by Crippen LogP contribution is 2.39. The van der Waals surface area contributed by atoms with Gasteiger partial charge in [0.2, 0.25) is 5.91 Å². The Hall–Kier alpha value is -3.48. The van der Waals surface area contributed by atoms with Crippen LogP contribution in [0.15, 0.2) is 43.2 Å². The van der Waals surface area contributed by atoms with Crippen LogP contribution in [-0.2, 0) is 11.2 Å². The normalized spacial score (nSPS) is 15.4. The Morgan fingerprint density at radius 3 is 2.71 bits per heavy atom. The summed E-state index contributed by atoms with van der Waals surface area (Å²) in [4.78, 5) is 29.5. The highest BCUT2D eigenvalue weighted by atomic mass is 16.2. The van der Waals surface area contributed by atoms with Gasteiger partial charge in [-0.05, 0) is 35.4 Å². The summed E-state index contributed by atoms with van der Waals surface area (Å²) < 4.78 is 0. The number of pyridine rings is 1. The van der Waals surface area contributed by atoms with Gasteiger partial charge in [0.1, 0.15) is 18.0 Å². The number of aromatic nitrogens is 3. The molecule has 0 atom stereocenters. The van der Waals surface area contributed by atoms with E-state index in [1.165, 1.54) is 17.2 Å². The molecule has 0 radical (unpaired) electrons. The number of rotatable bonds is 2. The molecule has 140 valence electrons. The molecule has 2 aromatic heterocycles. The third-order valence-electron chi connectivity index (χ3n) is 5.54. The van der Waals surface area contributed by atoms with E-state index in [0.29, 0.717) is 18.9 Å². The number of nitrogens with two attached hydrogens (primary N) is 1. The lowest BCUT2D eigenvalue weighted by atomic mass is 10.1. The van der Waals surface area contributed by atoms with Gasteiger partial charge < -0.3 is 15.5 Å². The third kappa shape index (κ3) is 2.58. The van der Waals surface area contributed by atoms with Crippen molar-refractivity contribution in [1.29, 1.82) is 0 Å². The Kier molecular flexibility index (Phi) is 3.75. The summed E-state index contributed by atoms with van der Waals surface area (Å²) in [6.45, 7) is 6.37. The van der Waals surface area contributed by atoms with E-state index >= 15 is 0 Å². The van der Waals surface area contributed by atoms with Crippen molar-refractivity contribution in [1.82, 2.24) is 19.9 Å². The molecule has 0 saturated carbocycles. The van der Waals surface area contributed by atoms with Crippen molar-refractivity contribution < 1.29 is 4.79 Å². The summed E-state index contributed by atoms with van der Waals surface area (Å²) in [7, 11) is 0. The Balaban J connectivity index is 1.52. The second-order valence-corrected chi connectivity index (χ2v) is 7.16. The molecule has 0 spiro atoms. The van der Waals surface area contributed by atoms with Crippen LogP contribution in [0.5, 0.6) is 0 Å². The molecular weight excluding hydrogens is 352 g/mol. The lowest BCUT2D eigenvalue weighted by Gasteiger charge is -2.35. The Bertz CT molecular complexity index is 1120. The largest absolute Gasteiger partial charge is 0.384 e. The Labute approximate surface area is 162 Å². The number of hydrogen-bond donors (Lipinski definition) is 1. The molecule has 1 aliphatic heterocycles. The molecule has 0 unspecified atom stereocenters. The van der Waals surface area contributed by atoms with Crippen molar-refractivity contribution in [3.8, 4) is 11.3 Å². The molecule has 3 heterocycles. The summed E-state index contributed by atoms with van der Waals surface area (Å²) in [5.74, 6) is 1.43. The quantitative estimate of drug-likeness (QED) is 0.542. The third-order valence-corrected chi connectivity index (χ3v) is 5.54. The SMILES string of the molecule is C=CC(=O)N1CCN(c2ncnc3cc4c(cc23)Cc2ccc(N)nc2-4)CC1. The smallest absolute Gasteiger partial charge is 0.246 e. The number of amides is 1. The molecule has 28 heavy (non-hydrogen) atoms. The van der Waals surface area contributed by atoms with Crippen LogP contribution < -0.4 is 10.6 Å². The zero-order chi connectivity index (χ0) is 19.3. The molecule has 7 nitrogen and oxygen atoms in total. The highest BCUT2D eigenvalue weighted by Gasteiger charge is 2.25. The summed E-state index contributed by atoms with van der Waals surface area (Å²) >= 11 is 0. The van der Waals surface area contributed by atoms with Gasteiger partial charge in [-0.3, -0.25) is 4.79 Å². The fourth-order valence-electron chi connectivity index (χ4n) is 4.10. The van der Waals surface area contributed by atoms with Crippen LogP contribution in [0.2, 0.25) is 0 Å². The summed E-state index contributed by atoms with van der Waals surface area (Å²) in [5.41, 5.74) is 11.2. The fourth-order valence-corrected chi connectivity index (χ4v) is 4.10. The molecule has 1 aliphatic carbocycles. The van der Waals surface area contributed by atoms with E-state index in [-0.39, 0.29) is 5.91 Å². The van der Waals surface area contributed by atoms with Crippen LogP contribution in [0.1, 0.15) is 11.1 Å². The summed E-state index contributed by atoms with van der Waals surface area (Å²) in [5, 5.41) is 1.03. The average Bonchev–Trinajstić information content (AvgIpc) is 3.08. The number of anilines is 2. The van der Waals surface area contributed by atoms with Gasteiger partial charge in [0.25, 0.3) is 0 Å². The van der Waals surface area contributed by atoms with Gasteiger partial charge in [0, 0.05) is 43.5 Å². The number of nitrogen functional groups attached to an aromatic ring is 1. The summed E-state index contributed by atoms with van der Waals surface area (Å²) in [6, 6.07) is 8.16. The predicted molar refractivity (Wildman–Crippen MR) is 109 cm³/mol. The van der Waals surface area contributed by atoms with E-state index in [1.54, 1.807) is 6.33 Å². The zero-order valence-corrected chi connectivity index (χ0v) is 15.4. The summed E-state index contributed by atoms with van der Waals surface area (Å²) in [6.07, 6.45) is 3.81. The van der Waals surface area contributed by atoms with Crippen LogP contribution in [0.3, 0.4) is 0 Å². The molecule has 1 fully saturated rings. The van der Waals surface area contributed by atoms with E-state index in [1.807, 2.05) is 17.0 Å². The maximum atomic E-state index is 11.8. The number of piperazine rings is 1. The van der Waals surface area contributed by atoms with E-state index in [2.05, 4.69) is 38.6 Å². The Morgan fingerprint density at radius 1 is 1.11 bits per heavy atom. The van der Waals surface area contributed by atoms with Gasteiger partial charge in [-0.15, -0.1) is 0 Å². The average molecular weight is 372 g/mol. The first-order valence-electron chi connectivity index (χ1n) is 9.34. The molecule has 2 N–H and O–H groups in total. The molecule has 5 rings (SSSR count). The van der Waals surface area contributed by atoms with Gasteiger partial charge in [-0.25, -0.2) is 15.0 Å². The number of benzene rings is 1.